The first-order valence-corrected chi connectivity index (χ1v) is 9.56. The van der Waals surface area contributed by atoms with Gasteiger partial charge in [0.05, 0.1) is 13.7 Å². The van der Waals surface area contributed by atoms with Gasteiger partial charge in [0.2, 0.25) is 5.88 Å². The smallest absolute Gasteiger partial charge is 0.212 e. The summed E-state index contributed by atoms with van der Waals surface area (Å²) < 4.78 is 5.10. The second kappa shape index (κ2) is 10.9. The highest BCUT2D eigenvalue weighted by molar-refractivity contribution is 14.0. The molecule has 2 aliphatic rings. The first kappa shape index (κ1) is 21.2. The summed E-state index contributed by atoms with van der Waals surface area (Å²) in [5, 5.41) is 6.98. The van der Waals surface area contributed by atoms with Crippen molar-refractivity contribution in [1.82, 2.24) is 20.5 Å². The van der Waals surface area contributed by atoms with Gasteiger partial charge >= 0.3 is 0 Å². The summed E-state index contributed by atoms with van der Waals surface area (Å²) in [5.41, 5.74) is 1.08. The highest BCUT2D eigenvalue weighted by atomic mass is 127. The number of likely N-dealkylation sites (tertiary alicyclic amines) is 1. The Bertz CT molecular complexity index is 560. The molecule has 1 aromatic heterocycles. The van der Waals surface area contributed by atoms with E-state index in [-0.39, 0.29) is 24.0 Å². The summed E-state index contributed by atoms with van der Waals surface area (Å²) in [6.07, 6.45) is 8.59. The van der Waals surface area contributed by atoms with Crippen molar-refractivity contribution in [2.24, 2.45) is 4.99 Å². The van der Waals surface area contributed by atoms with Crippen LogP contribution < -0.4 is 15.4 Å². The van der Waals surface area contributed by atoms with E-state index < -0.39 is 0 Å². The first-order valence-electron chi connectivity index (χ1n) is 9.56. The number of halogens is 1. The van der Waals surface area contributed by atoms with Crippen LogP contribution in [0.4, 0.5) is 0 Å². The van der Waals surface area contributed by atoms with Crippen LogP contribution in [0.2, 0.25) is 0 Å². The van der Waals surface area contributed by atoms with Gasteiger partial charge in [-0.15, -0.1) is 24.0 Å². The number of aliphatic imine (C=N–C) groups is 1. The van der Waals surface area contributed by atoms with Gasteiger partial charge < -0.3 is 15.4 Å². The highest BCUT2D eigenvalue weighted by Crippen LogP contribution is 2.26. The minimum Gasteiger partial charge on any atom is -0.481 e. The molecule has 1 aliphatic heterocycles. The van der Waals surface area contributed by atoms with E-state index in [1.165, 1.54) is 38.6 Å². The van der Waals surface area contributed by atoms with Crippen LogP contribution in [0.25, 0.3) is 0 Å². The van der Waals surface area contributed by atoms with E-state index in [1.807, 2.05) is 18.3 Å². The normalized spacial score (nSPS) is 21.5. The minimum absolute atomic E-state index is 0. The molecule has 3 rings (SSSR count). The van der Waals surface area contributed by atoms with Gasteiger partial charge in [-0.2, -0.15) is 0 Å². The molecule has 1 aromatic rings. The van der Waals surface area contributed by atoms with E-state index in [1.54, 1.807) is 7.11 Å². The predicted octanol–water partition coefficient (Wildman–Crippen LogP) is 2.78. The van der Waals surface area contributed by atoms with Crippen molar-refractivity contribution in [1.29, 1.82) is 0 Å². The topological polar surface area (TPSA) is 61.8 Å². The van der Waals surface area contributed by atoms with Gasteiger partial charge in [0.1, 0.15) is 0 Å². The van der Waals surface area contributed by atoms with Gasteiger partial charge in [0, 0.05) is 44.0 Å². The fourth-order valence-corrected chi connectivity index (χ4v) is 3.82. The molecule has 1 saturated carbocycles. The Labute approximate surface area is 174 Å². The van der Waals surface area contributed by atoms with E-state index in [0.29, 0.717) is 18.5 Å². The van der Waals surface area contributed by atoms with Crippen molar-refractivity contribution in [3.05, 3.63) is 23.9 Å². The molecular formula is C19H32IN5O. The highest BCUT2D eigenvalue weighted by Gasteiger charge is 2.30. The van der Waals surface area contributed by atoms with E-state index in [4.69, 9.17) is 9.73 Å². The Balaban J connectivity index is 0.00000243. The summed E-state index contributed by atoms with van der Waals surface area (Å²) in [6.45, 7) is 5.94. The number of nitrogens with one attached hydrogen (secondary N) is 2. The van der Waals surface area contributed by atoms with Crippen LogP contribution in [-0.4, -0.2) is 54.7 Å². The Kier molecular flexibility index (Phi) is 8.90. The van der Waals surface area contributed by atoms with Crippen LogP contribution in [0.1, 0.15) is 44.6 Å². The number of guanidine groups is 1. The molecule has 1 saturated heterocycles. The summed E-state index contributed by atoms with van der Waals surface area (Å²) in [5.74, 6) is 1.53. The van der Waals surface area contributed by atoms with Crippen molar-refractivity contribution in [3.8, 4) is 5.88 Å². The number of hydrogen-bond donors (Lipinski definition) is 2. The maximum atomic E-state index is 5.10. The first-order chi connectivity index (χ1) is 12.3. The van der Waals surface area contributed by atoms with Gasteiger partial charge in [-0.3, -0.25) is 4.90 Å². The average Bonchev–Trinajstić information content (AvgIpc) is 3.32. The van der Waals surface area contributed by atoms with Crippen LogP contribution >= 0.6 is 24.0 Å². The molecule has 1 atom stereocenters. The molecule has 2 heterocycles. The van der Waals surface area contributed by atoms with Crippen LogP contribution in [0.5, 0.6) is 5.88 Å². The number of pyridine rings is 1. The van der Waals surface area contributed by atoms with E-state index in [2.05, 4.69) is 27.4 Å². The van der Waals surface area contributed by atoms with Crippen molar-refractivity contribution < 1.29 is 4.74 Å². The molecule has 1 unspecified atom stereocenters. The molecule has 0 spiro atoms. The molecule has 6 nitrogen and oxygen atoms in total. The summed E-state index contributed by atoms with van der Waals surface area (Å²) in [6, 6.07) is 5.20. The third kappa shape index (κ3) is 5.97. The predicted molar refractivity (Wildman–Crippen MR) is 116 cm³/mol. The number of aromatic nitrogens is 1. The van der Waals surface area contributed by atoms with Gasteiger partial charge in [0.25, 0.3) is 0 Å². The maximum Gasteiger partial charge on any atom is 0.212 e. The molecule has 26 heavy (non-hydrogen) atoms. The molecule has 1 aliphatic carbocycles. The maximum absolute atomic E-state index is 5.10. The molecule has 7 heteroatoms. The Morgan fingerprint density at radius 1 is 1.31 bits per heavy atom. The molecule has 0 aromatic carbocycles. The van der Waals surface area contributed by atoms with Crippen LogP contribution in [-0.2, 0) is 6.54 Å². The van der Waals surface area contributed by atoms with Crippen molar-refractivity contribution in [3.63, 3.8) is 0 Å². The number of methoxy groups -OCH3 is 1. The number of nitrogens with zero attached hydrogens (tertiary/aromatic N) is 3. The van der Waals surface area contributed by atoms with Crippen molar-refractivity contribution in [2.45, 2.75) is 57.7 Å². The lowest BCUT2D eigenvalue weighted by Crippen LogP contribution is -2.45. The quantitative estimate of drug-likeness (QED) is 0.378. The van der Waals surface area contributed by atoms with Crippen molar-refractivity contribution >= 4 is 29.9 Å². The van der Waals surface area contributed by atoms with Crippen LogP contribution in [0, 0.1) is 0 Å². The largest absolute Gasteiger partial charge is 0.481 e. The van der Waals surface area contributed by atoms with Gasteiger partial charge in [-0.1, -0.05) is 18.9 Å². The molecule has 2 fully saturated rings. The third-order valence-electron chi connectivity index (χ3n) is 5.17. The number of hydrogen-bond acceptors (Lipinski definition) is 4. The fourth-order valence-electron chi connectivity index (χ4n) is 3.82. The zero-order valence-corrected chi connectivity index (χ0v) is 18.2. The minimum atomic E-state index is 0. The van der Waals surface area contributed by atoms with Gasteiger partial charge in [-0.05, 0) is 31.7 Å². The van der Waals surface area contributed by atoms with Crippen molar-refractivity contribution in [2.75, 3.05) is 26.7 Å². The molecule has 0 amide bonds. The van der Waals surface area contributed by atoms with Crippen LogP contribution in [0.3, 0.4) is 0 Å². The third-order valence-corrected chi connectivity index (χ3v) is 5.17. The second-order valence-electron chi connectivity index (χ2n) is 6.97. The lowest BCUT2D eigenvalue weighted by molar-refractivity contribution is 0.242. The van der Waals surface area contributed by atoms with E-state index in [0.717, 1.165) is 30.7 Å². The van der Waals surface area contributed by atoms with E-state index >= 15 is 0 Å². The number of rotatable bonds is 6. The SMILES string of the molecule is CCNC(=NCc1ccc(OC)nc1)NC1CCN(C2CCCC2)C1.I. The zero-order chi connectivity index (χ0) is 17.5. The summed E-state index contributed by atoms with van der Waals surface area (Å²) in [4.78, 5) is 11.6. The molecule has 0 bridgehead atoms. The standard InChI is InChI=1S/C19H31N5O.HI/c1-3-20-19(22-13-15-8-9-18(25-2)21-12-15)23-16-10-11-24(14-16)17-6-4-5-7-17;/h8-9,12,16-17H,3-7,10-11,13-14H2,1-2H3,(H2,20,22,23);1H. The van der Waals surface area contributed by atoms with Gasteiger partial charge in [0.15, 0.2) is 5.96 Å². The summed E-state index contributed by atoms with van der Waals surface area (Å²) >= 11 is 0. The Morgan fingerprint density at radius 2 is 2.12 bits per heavy atom. The lowest BCUT2D eigenvalue weighted by atomic mass is 10.2. The Hall–Kier alpha value is -1.09. The molecule has 146 valence electrons. The molecule has 2 N–H and O–H groups in total. The van der Waals surface area contributed by atoms with Crippen LogP contribution in [0.15, 0.2) is 23.3 Å². The fraction of sp³-hybridized carbons (Fsp3) is 0.684. The average molecular weight is 473 g/mol. The second-order valence-corrected chi connectivity index (χ2v) is 6.97. The summed E-state index contributed by atoms with van der Waals surface area (Å²) in [7, 11) is 1.63. The van der Waals surface area contributed by atoms with E-state index in [9.17, 15) is 0 Å². The monoisotopic (exact) mass is 473 g/mol. The van der Waals surface area contributed by atoms with Gasteiger partial charge in [-0.25, -0.2) is 9.98 Å². The zero-order valence-electron chi connectivity index (χ0n) is 15.9. The number of ether oxygens (including phenoxy) is 1. The molecule has 0 radical (unpaired) electrons. The molecular weight excluding hydrogens is 441 g/mol. The lowest BCUT2D eigenvalue weighted by Gasteiger charge is -2.24. The Morgan fingerprint density at radius 3 is 2.77 bits per heavy atom.